The lowest BCUT2D eigenvalue weighted by Gasteiger charge is -2.12. The summed E-state index contributed by atoms with van der Waals surface area (Å²) in [6.07, 6.45) is 4.94. The molecule has 0 saturated carbocycles. The maximum atomic E-state index is 13.2. The lowest BCUT2D eigenvalue weighted by atomic mass is 10.3. The van der Waals surface area contributed by atoms with Gasteiger partial charge in [-0.1, -0.05) is 11.8 Å². The average Bonchev–Trinajstić information content (AvgIpc) is 3.22. The molecule has 2 N–H and O–H groups in total. The highest BCUT2D eigenvalue weighted by molar-refractivity contribution is 9.10. The molecular formula is C17H15BrFN5O2S. The number of thioether (sulfide) groups is 1. The van der Waals surface area contributed by atoms with Crippen LogP contribution in [-0.2, 0) is 7.05 Å². The van der Waals surface area contributed by atoms with Gasteiger partial charge in [-0.05, 0) is 52.5 Å². The normalized spacial score (nSPS) is 10.7. The van der Waals surface area contributed by atoms with Crippen LogP contribution >= 0.6 is 27.7 Å². The monoisotopic (exact) mass is 451 g/mol. The van der Waals surface area contributed by atoms with E-state index in [4.69, 9.17) is 0 Å². The number of hydrazine groups is 1. The van der Waals surface area contributed by atoms with Crippen LogP contribution in [0.1, 0.15) is 21.0 Å². The molecule has 2 heterocycles. The van der Waals surface area contributed by atoms with E-state index in [0.29, 0.717) is 16.5 Å². The van der Waals surface area contributed by atoms with Crippen molar-refractivity contribution in [2.24, 2.45) is 7.05 Å². The molecule has 0 bridgehead atoms. The number of nitrogens with one attached hydrogen (secondary N) is 2. The molecule has 0 aliphatic rings. The van der Waals surface area contributed by atoms with Crippen LogP contribution in [0.2, 0.25) is 0 Å². The van der Waals surface area contributed by atoms with E-state index in [2.05, 4.69) is 31.8 Å². The van der Waals surface area contributed by atoms with Gasteiger partial charge < -0.3 is 4.57 Å². The molecule has 7 nitrogen and oxygen atoms in total. The summed E-state index contributed by atoms with van der Waals surface area (Å²) in [7, 11) is 1.72. The smallest absolute Gasteiger partial charge is 0.288 e. The Labute approximate surface area is 167 Å². The second kappa shape index (κ2) is 7.97. The van der Waals surface area contributed by atoms with Gasteiger partial charge in [0.15, 0.2) is 5.16 Å². The molecule has 1 aromatic carbocycles. The molecule has 0 unspecified atom stereocenters. The third-order valence-electron chi connectivity index (χ3n) is 3.72. The Morgan fingerprint density at radius 3 is 2.33 bits per heavy atom. The predicted molar refractivity (Wildman–Crippen MR) is 103 cm³/mol. The molecule has 2 aromatic heterocycles. The molecule has 0 spiro atoms. The van der Waals surface area contributed by atoms with Gasteiger partial charge >= 0.3 is 0 Å². The Kier molecular flexibility index (Phi) is 5.66. The van der Waals surface area contributed by atoms with E-state index in [9.17, 15) is 14.0 Å². The standard InChI is InChI=1S/C17H15BrFN5O2S/c1-23-9-10(18)7-13(23)15(25)21-22-16(26)14-8-20-17(27-2)24(14)12-5-3-11(19)4-6-12/h3-9H,1-2H3,(H,21,25)(H,22,26). The Morgan fingerprint density at radius 2 is 1.78 bits per heavy atom. The zero-order valence-corrected chi connectivity index (χ0v) is 16.8. The summed E-state index contributed by atoms with van der Waals surface area (Å²) in [5.41, 5.74) is 5.93. The zero-order valence-electron chi connectivity index (χ0n) is 14.4. The summed E-state index contributed by atoms with van der Waals surface area (Å²) >= 11 is 4.63. The summed E-state index contributed by atoms with van der Waals surface area (Å²) in [5.74, 6) is -1.39. The van der Waals surface area contributed by atoms with Crippen LogP contribution in [-0.4, -0.2) is 32.2 Å². The number of nitrogens with zero attached hydrogens (tertiary/aromatic N) is 3. The first-order valence-corrected chi connectivity index (χ1v) is 9.72. The van der Waals surface area contributed by atoms with E-state index in [-0.39, 0.29) is 11.5 Å². The van der Waals surface area contributed by atoms with Gasteiger partial charge in [-0.2, -0.15) is 0 Å². The van der Waals surface area contributed by atoms with Gasteiger partial charge in [0.2, 0.25) is 0 Å². The number of imidazole rings is 1. The lowest BCUT2D eigenvalue weighted by Crippen LogP contribution is -2.42. The van der Waals surface area contributed by atoms with Crippen LogP contribution in [0.3, 0.4) is 0 Å². The highest BCUT2D eigenvalue weighted by Gasteiger charge is 2.19. The van der Waals surface area contributed by atoms with Crippen LogP contribution in [0.5, 0.6) is 0 Å². The van der Waals surface area contributed by atoms with Gasteiger partial charge in [0.1, 0.15) is 17.2 Å². The van der Waals surface area contributed by atoms with Gasteiger partial charge in [0.25, 0.3) is 11.8 Å². The molecule has 27 heavy (non-hydrogen) atoms. The highest BCUT2D eigenvalue weighted by Crippen LogP contribution is 2.22. The van der Waals surface area contributed by atoms with E-state index in [1.165, 1.54) is 30.1 Å². The Bertz CT molecular complexity index is 999. The summed E-state index contributed by atoms with van der Waals surface area (Å²) in [6.45, 7) is 0. The zero-order chi connectivity index (χ0) is 19.6. The van der Waals surface area contributed by atoms with Crippen molar-refractivity contribution < 1.29 is 14.0 Å². The number of amides is 2. The van der Waals surface area contributed by atoms with E-state index in [1.807, 2.05) is 6.26 Å². The van der Waals surface area contributed by atoms with Crippen LogP contribution in [0.15, 0.2) is 52.4 Å². The van der Waals surface area contributed by atoms with Crippen molar-refractivity contribution in [1.82, 2.24) is 25.0 Å². The van der Waals surface area contributed by atoms with E-state index in [0.717, 1.165) is 4.47 Å². The average molecular weight is 452 g/mol. The lowest BCUT2D eigenvalue weighted by molar-refractivity contribution is 0.0838. The highest BCUT2D eigenvalue weighted by atomic mass is 79.9. The van der Waals surface area contributed by atoms with Crippen LogP contribution < -0.4 is 10.9 Å². The molecule has 0 fully saturated rings. The Hall–Kier alpha value is -2.59. The number of aromatic nitrogens is 3. The molecule has 0 radical (unpaired) electrons. The van der Waals surface area contributed by atoms with Crippen LogP contribution in [0.25, 0.3) is 5.69 Å². The quantitative estimate of drug-likeness (QED) is 0.471. The largest absolute Gasteiger partial charge is 0.345 e. The van der Waals surface area contributed by atoms with Crippen molar-refractivity contribution in [3.05, 3.63) is 64.4 Å². The van der Waals surface area contributed by atoms with Crippen molar-refractivity contribution in [3.63, 3.8) is 0 Å². The SMILES string of the molecule is CSc1ncc(C(=O)NNC(=O)c2cc(Br)cn2C)n1-c1ccc(F)cc1. The minimum absolute atomic E-state index is 0.208. The van der Waals surface area contributed by atoms with Gasteiger partial charge in [-0.3, -0.25) is 25.0 Å². The summed E-state index contributed by atoms with van der Waals surface area (Å²) in [6, 6.07) is 7.34. The second-order valence-electron chi connectivity index (χ2n) is 5.50. The number of rotatable bonds is 4. The molecule has 140 valence electrons. The van der Waals surface area contributed by atoms with Crippen molar-refractivity contribution in [2.75, 3.05) is 6.26 Å². The van der Waals surface area contributed by atoms with Crippen molar-refractivity contribution in [3.8, 4) is 5.69 Å². The first kappa shape index (κ1) is 19.2. The topological polar surface area (TPSA) is 81.0 Å². The molecule has 2 amide bonds. The number of carbonyl (C=O) groups excluding carboxylic acids is 2. The molecule has 0 aliphatic carbocycles. The van der Waals surface area contributed by atoms with E-state index < -0.39 is 11.8 Å². The predicted octanol–water partition coefficient (Wildman–Crippen LogP) is 2.91. The molecule has 3 rings (SSSR count). The number of carbonyl (C=O) groups is 2. The van der Waals surface area contributed by atoms with Crippen molar-refractivity contribution >= 4 is 39.5 Å². The van der Waals surface area contributed by atoms with Gasteiger partial charge in [-0.25, -0.2) is 9.37 Å². The van der Waals surface area contributed by atoms with Gasteiger partial charge in [0.05, 0.1) is 6.20 Å². The van der Waals surface area contributed by atoms with Crippen molar-refractivity contribution in [2.45, 2.75) is 5.16 Å². The fourth-order valence-corrected chi connectivity index (χ4v) is 3.54. The number of benzene rings is 1. The minimum atomic E-state index is -0.547. The fraction of sp³-hybridized carbons (Fsp3) is 0.118. The van der Waals surface area contributed by atoms with Gasteiger partial charge in [0, 0.05) is 23.4 Å². The van der Waals surface area contributed by atoms with Crippen LogP contribution in [0, 0.1) is 5.82 Å². The number of aryl methyl sites for hydroxylation is 1. The summed E-state index contributed by atoms with van der Waals surface area (Å²) in [4.78, 5) is 29.0. The summed E-state index contributed by atoms with van der Waals surface area (Å²) < 4.78 is 17.2. The Balaban J connectivity index is 1.81. The first-order valence-electron chi connectivity index (χ1n) is 7.71. The van der Waals surface area contributed by atoms with E-state index in [1.54, 1.807) is 40.6 Å². The maximum absolute atomic E-state index is 13.2. The van der Waals surface area contributed by atoms with E-state index >= 15 is 0 Å². The van der Waals surface area contributed by atoms with Crippen LogP contribution in [0.4, 0.5) is 4.39 Å². The second-order valence-corrected chi connectivity index (χ2v) is 7.19. The number of hydrogen-bond acceptors (Lipinski definition) is 4. The molecule has 0 aliphatic heterocycles. The first-order chi connectivity index (χ1) is 12.9. The third kappa shape index (κ3) is 4.06. The number of hydrogen-bond donors (Lipinski definition) is 2. The minimum Gasteiger partial charge on any atom is -0.345 e. The maximum Gasteiger partial charge on any atom is 0.288 e. The van der Waals surface area contributed by atoms with Gasteiger partial charge in [-0.15, -0.1) is 0 Å². The molecular weight excluding hydrogens is 437 g/mol. The Morgan fingerprint density at radius 1 is 1.15 bits per heavy atom. The number of halogens is 2. The summed E-state index contributed by atoms with van der Waals surface area (Å²) in [5, 5.41) is 0.560. The van der Waals surface area contributed by atoms with Crippen molar-refractivity contribution in [1.29, 1.82) is 0 Å². The molecule has 10 heteroatoms. The molecule has 0 saturated heterocycles. The molecule has 3 aromatic rings. The fourth-order valence-electron chi connectivity index (χ4n) is 2.47. The third-order valence-corrected chi connectivity index (χ3v) is 4.81. The molecule has 0 atom stereocenters.